The van der Waals surface area contributed by atoms with Crippen molar-refractivity contribution in [1.29, 1.82) is 0 Å². The fourth-order valence-corrected chi connectivity index (χ4v) is 3.99. The van der Waals surface area contributed by atoms with Crippen LogP contribution in [0.5, 0.6) is 0 Å². The first kappa shape index (κ1) is 15.2. The third kappa shape index (κ3) is 2.43. The van der Waals surface area contributed by atoms with E-state index in [4.69, 9.17) is 0 Å². The van der Waals surface area contributed by atoms with Gasteiger partial charge in [0.15, 0.2) is 0 Å². The van der Waals surface area contributed by atoms with Crippen LogP contribution < -0.4 is 0 Å². The summed E-state index contributed by atoms with van der Waals surface area (Å²) < 4.78 is 0.825. The number of hydrogen-bond donors (Lipinski definition) is 1. The van der Waals surface area contributed by atoms with Gasteiger partial charge < -0.3 is 5.11 Å². The van der Waals surface area contributed by atoms with Gasteiger partial charge in [-0.15, -0.1) is 0 Å². The molecule has 1 N–H and O–H groups in total. The molecule has 0 aromatic heterocycles. The van der Waals surface area contributed by atoms with E-state index in [1.54, 1.807) is 6.92 Å². The maximum Gasteiger partial charge on any atom is 0.334 e. The van der Waals surface area contributed by atoms with Crippen LogP contribution in [-0.4, -0.2) is 22.6 Å². The van der Waals surface area contributed by atoms with Crippen LogP contribution in [-0.2, 0) is 9.59 Å². The van der Waals surface area contributed by atoms with Crippen molar-refractivity contribution in [2.75, 3.05) is 0 Å². The van der Waals surface area contributed by atoms with Gasteiger partial charge in [0, 0.05) is 28.2 Å². The molecule has 1 aromatic carbocycles. The van der Waals surface area contributed by atoms with Gasteiger partial charge in [0.25, 0.3) is 0 Å². The Kier molecular flexibility index (Phi) is 4.00. The molecule has 5 heteroatoms. The Morgan fingerprint density at radius 1 is 1.27 bits per heavy atom. The summed E-state index contributed by atoms with van der Waals surface area (Å²) in [5, 5.41) is 9.65. The monoisotopic (exact) mass is 361 g/mol. The lowest BCUT2D eigenvalue weighted by Crippen LogP contribution is -2.38. The second-order valence-electron chi connectivity index (χ2n) is 5.70. The van der Waals surface area contributed by atoms with Gasteiger partial charge in [-0.1, -0.05) is 34.1 Å². The van der Waals surface area contributed by atoms with E-state index in [-0.39, 0.29) is 11.4 Å². The highest BCUT2D eigenvalue weighted by molar-refractivity contribution is 9.10. The minimum atomic E-state index is -1.00. The van der Waals surface area contributed by atoms with Crippen molar-refractivity contribution in [1.82, 2.24) is 0 Å². The number of carboxylic acid groups (broad SMARTS) is 1. The van der Waals surface area contributed by atoms with Crippen LogP contribution in [0, 0.1) is 5.92 Å². The Hall–Kier alpha value is -1.75. The third-order valence-corrected chi connectivity index (χ3v) is 5.10. The molecule has 0 saturated heterocycles. The molecule has 1 saturated carbocycles. The number of carboxylic acids is 1. The molecular formula is C17H16BrNO3. The standard InChI is InChI=1S/C17H16BrNO3/c1-9-14(17(21)22)15(10-5-2-3-6-11(10)18)16-12(19-9)7-4-8-13(16)20/h2-3,5-6,15-16H,4,7-8H2,1H3,(H,21,22). The van der Waals surface area contributed by atoms with E-state index in [0.717, 1.165) is 28.6 Å². The molecule has 0 bridgehead atoms. The predicted molar refractivity (Wildman–Crippen MR) is 87.0 cm³/mol. The molecule has 114 valence electrons. The number of rotatable bonds is 2. The smallest absolute Gasteiger partial charge is 0.334 e. The summed E-state index contributed by atoms with van der Waals surface area (Å²) in [5.74, 6) is -1.81. The Morgan fingerprint density at radius 2 is 2.00 bits per heavy atom. The highest BCUT2D eigenvalue weighted by atomic mass is 79.9. The maximum absolute atomic E-state index is 12.5. The summed E-state index contributed by atoms with van der Waals surface area (Å²) in [6.45, 7) is 1.72. The fourth-order valence-electron chi connectivity index (χ4n) is 3.46. The fraction of sp³-hybridized carbons (Fsp3) is 0.353. The van der Waals surface area contributed by atoms with Gasteiger partial charge in [-0.2, -0.15) is 0 Å². The number of aliphatic carboxylic acids is 1. The maximum atomic E-state index is 12.5. The molecule has 1 aliphatic heterocycles. The minimum Gasteiger partial charge on any atom is -0.478 e. The molecule has 1 fully saturated rings. The zero-order valence-corrected chi connectivity index (χ0v) is 13.8. The number of carbonyl (C=O) groups excluding carboxylic acids is 1. The van der Waals surface area contributed by atoms with Crippen LogP contribution in [0.3, 0.4) is 0 Å². The van der Waals surface area contributed by atoms with Gasteiger partial charge in [0.05, 0.1) is 11.5 Å². The lowest BCUT2D eigenvalue weighted by molar-refractivity contribution is -0.133. The first-order valence-corrected chi connectivity index (χ1v) is 8.08. The molecule has 0 spiro atoms. The molecule has 0 radical (unpaired) electrons. The summed E-state index contributed by atoms with van der Waals surface area (Å²) in [6.07, 6.45) is 2.06. The molecule has 2 aliphatic rings. The number of benzene rings is 1. The number of hydrogen-bond acceptors (Lipinski definition) is 3. The molecule has 2 unspecified atom stereocenters. The van der Waals surface area contributed by atoms with Crippen molar-refractivity contribution in [3.63, 3.8) is 0 Å². The zero-order chi connectivity index (χ0) is 15.9. The Balaban J connectivity index is 2.22. The van der Waals surface area contributed by atoms with E-state index >= 15 is 0 Å². The van der Waals surface area contributed by atoms with E-state index in [0.29, 0.717) is 12.1 Å². The van der Waals surface area contributed by atoms with Crippen molar-refractivity contribution in [2.24, 2.45) is 10.9 Å². The SMILES string of the molecule is CC1=C(C(=O)O)C(c2ccccc2Br)C2C(=O)CCCC2=N1. The summed E-state index contributed by atoms with van der Waals surface area (Å²) in [6, 6.07) is 7.51. The van der Waals surface area contributed by atoms with Crippen LogP contribution >= 0.6 is 15.9 Å². The number of aliphatic imine (C=N–C) groups is 1. The highest BCUT2D eigenvalue weighted by Crippen LogP contribution is 2.44. The van der Waals surface area contributed by atoms with Crippen LogP contribution in [0.4, 0.5) is 0 Å². The Labute approximate surface area is 137 Å². The molecule has 22 heavy (non-hydrogen) atoms. The van der Waals surface area contributed by atoms with E-state index in [2.05, 4.69) is 20.9 Å². The first-order valence-electron chi connectivity index (χ1n) is 7.29. The summed E-state index contributed by atoms with van der Waals surface area (Å²) in [5.41, 5.74) is 2.41. The first-order chi connectivity index (χ1) is 10.5. The second-order valence-corrected chi connectivity index (χ2v) is 6.56. The Morgan fingerprint density at radius 3 is 2.68 bits per heavy atom. The quantitative estimate of drug-likeness (QED) is 0.872. The van der Waals surface area contributed by atoms with Crippen molar-refractivity contribution in [2.45, 2.75) is 32.1 Å². The van der Waals surface area contributed by atoms with Crippen molar-refractivity contribution < 1.29 is 14.7 Å². The van der Waals surface area contributed by atoms with Gasteiger partial charge >= 0.3 is 5.97 Å². The molecule has 1 aromatic rings. The largest absolute Gasteiger partial charge is 0.478 e. The van der Waals surface area contributed by atoms with Gasteiger partial charge in [-0.3, -0.25) is 9.79 Å². The third-order valence-electron chi connectivity index (χ3n) is 4.38. The molecule has 0 amide bonds. The average Bonchev–Trinajstić information content (AvgIpc) is 2.46. The Bertz CT molecular complexity index is 720. The second kappa shape index (κ2) is 5.80. The number of fused-ring (bicyclic) bond motifs is 1. The van der Waals surface area contributed by atoms with Gasteiger partial charge in [0.2, 0.25) is 0 Å². The summed E-state index contributed by atoms with van der Waals surface area (Å²) in [4.78, 5) is 28.7. The summed E-state index contributed by atoms with van der Waals surface area (Å²) >= 11 is 3.50. The lowest BCUT2D eigenvalue weighted by atomic mass is 9.69. The number of ketones is 1. The normalized spacial score (nSPS) is 24.8. The average molecular weight is 362 g/mol. The van der Waals surface area contributed by atoms with E-state index < -0.39 is 17.8 Å². The minimum absolute atomic E-state index is 0.0944. The van der Waals surface area contributed by atoms with Crippen LogP contribution in [0.2, 0.25) is 0 Å². The topological polar surface area (TPSA) is 66.7 Å². The van der Waals surface area contributed by atoms with Gasteiger partial charge in [-0.05, 0) is 31.4 Å². The number of carbonyl (C=O) groups is 2. The molecule has 4 nitrogen and oxygen atoms in total. The van der Waals surface area contributed by atoms with Crippen LogP contribution in [0.1, 0.15) is 37.7 Å². The molecule has 1 heterocycles. The van der Waals surface area contributed by atoms with E-state index in [1.807, 2.05) is 24.3 Å². The zero-order valence-electron chi connectivity index (χ0n) is 12.2. The molecular weight excluding hydrogens is 346 g/mol. The number of nitrogens with zero attached hydrogens (tertiary/aromatic N) is 1. The van der Waals surface area contributed by atoms with Crippen molar-refractivity contribution in [3.05, 3.63) is 45.6 Å². The van der Waals surface area contributed by atoms with Gasteiger partial charge in [0.1, 0.15) is 5.78 Å². The van der Waals surface area contributed by atoms with Crippen molar-refractivity contribution >= 4 is 33.4 Å². The van der Waals surface area contributed by atoms with Crippen molar-refractivity contribution in [3.8, 4) is 0 Å². The number of Topliss-reactive ketones (excluding diaryl/α,β-unsaturated/α-hetero) is 1. The highest BCUT2D eigenvalue weighted by Gasteiger charge is 2.43. The summed E-state index contributed by atoms with van der Waals surface area (Å²) in [7, 11) is 0. The van der Waals surface area contributed by atoms with Crippen LogP contribution in [0.25, 0.3) is 0 Å². The molecule has 2 atom stereocenters. The van der Waals surface area contributed by atoms with E-state index in [1.165, 1.54) is 0 Å². The van der Waals surface area contributed by atoms with E-state index in [9.17, 15) is 14.7 Å². The molecule has 1 aliphatic carbocycles. The number of allylic oxidation sites excluding steroid dienone is 1. The number of halogens is 1. The van der Waals surface area contributed by atoms with Crippen LogP contribution in [0.15, 0.2) is 45.0 Å². The predicted octanol–water partition coefficient (Wildman–Crippen LogP) is 3.72. The molecule has 3 rings (SSSR count). The lowest BCUT2D eigenvalue weighted by Gasteiger charge is -2.35. The van der Waals surface area contributed by atoms with Gasteiger partial charge in [-0.25, -0.2) is 4.79 Å².